The zero-order chi connectivity index (χ0) is 18.4. The molecule has 7 heteroatoms. The van der Waals surface area contributed by atoms with E-state index in [0.717, 1.165) is 31.5 Å². The van der Waals surface area contributed by atoms with Crippen molar-refractivity contribution in [2.75, 3.05) is 32.7 Å². The van der Waals surface area contributed by atoms with E-state index < -0.39 is 5.54 Å². The first-order valence-electron chi connectivity index (χ1n) is 9.58. The SMILES string of the molecule is CCNC(=NCCCN1C(=O)NC(C)(CC)C1=O)N1CCC(C)CC1. The number of hydrogen-bond donors (Lipinski definition) is 2. The summed E-state index contributed by atoms with van der Waals surface area (Å²) in [6.07, 6.45) is 3.67. The van der Waals surface area contributed by atoms with Crippen molar-refractivity contribution >= 4 is 17.9 Å². The fourth-order valence-electron chi connectivity index (χ4n) is 3.25. The van der Waals surface area contributed by atoms with Crippen molar-refractivity contribution in [1.82, 2.24) is 20.4 Å². The second-order valence-corrected chi connectivity index (χ2v) is 7.33. The molecule has 2 fully saturated rings. The summed E-state index contributed by atoms with van der Waals surface area (Å²) in [5.41, 5.74) is -0.750. The standard InChI is InChI=1S/C18H33N5O2/c1-5-18(4)15(24)23(17(25)21-18)11-7-10-20-16(19-6-2)22-12-8-14(3)9-13-22/h14H,5-13H2,1-4H3,(H,19,20)(H,21,25). The lowest BCUT2D eigenvalue weighted by Crippen LogP contribution is -2.45. The summed E-state index contributed by atoms with van der Waals surface area (Å²) in [6, 6.07) is -0.282. The zero-order valence-electron chi connectivity index (χ0n) is 16.1. The molecule has 2 N–H and O–H groups in total. The lowest BCUT2D eigenvalue weighted by atomic mass is 9.99. The van der Waals surface area contributed by atoms with Gasteiger partial charge in [-0.25, -0.2) is 4.79 Å². The molecule has 0 saturated carbocycles. The minimum absolute atomic E-state index is 0.124. The van der Waals surface area contributed by atoms with Gasteiger partial charge in [0.25, 0.3) is 5.91 Å². The van der Waals surface area contributed by atoms with E-state index in [1.165, 1.54) is 17.7 Å². The Balaban J connectivity index is 1.86. The fraction of sp³-hybridized carbons (Fsp3) is 0.833. The normalized spacial score (nSPS) is 25.5. The number of likely N-dealkylation sites (tertiary alicyclic amines) is 1. The molecular weight excluding hydrogens is 318 g/mol. The number of amides is 3. The number of nitrogens with zero attached hydrogens (tertiary/aromatic N) is 3. The molecule has 0 bridgehead atoms. The second-order valence-electron chi connectivity index (χ2n) is 7.33. The smallest absolute Gasteiger partial charge is 0.325 e. The van der Waals surface area contributed by atoms with Gasteiger partial charge in [0.15, 0.2) is 5.96 Å². The molecule has 3 amide bonds. The Hall–Kier alpha value is -1.79. The number of nitrogens with one attached hydrogen (secondary N) is 2. The van der Waals surface area contributed by atoms with Crippen LogP contribution in [-0.4, -0.2) is 66.0 Å². The van der Waals surface area contributed by atoms with E-state index in [1.54, 1.807) is 6.92 Å². The summed E-state index contributed by atoms with van der Waals surface area (Å²) in [4.78, 5) is 32.7. The lowest BCUT2D eigenvalue weighted by Gasteiger charge is -2.33. The first-order valence-corrected chi connectivity index (χ1v) is 9.58. The molecule has 2 aliphatic heterocycles. The van der Waals surface area contributed by atoms with Crippen LogP contribution >= 0.6 is 0 Å². The molecule has 2 aliphatic rings. The molecule has 7 nitrogen and oxygen atoms in total. The number of carbonyl (C=O) groups excluding carboxylic acids is 2. The lowest BCUT2D eigenvalue weighted by molar-refractivity contribution is -0.130. The van der Waals surface area contributed by atoms with Crippen LogP contribution in [0.15, 0.2) is 4.99 Å². The number of rotatable bonds is 6. The van der Waals surface area contributed by atoms with Crippen LogP contribution in [0, 0.1) is 5.92 Å². The van der Waals surface area contributed by atoms with Gasteiger partial charge in [0, 0.05) is 32.7 Å². The van der Waals surface area contributed by atoms with Crippen molar-refractivity contribution in [2.24, 2.45) is 10.9 Å². The first-order chi connectivity index (χ1) is 11.9. The average molecular weight is 351 g/mol. The van der Waals surface area contributed by atoms with Gasteiger partial charge in [-0.3, -0.25) is 14.7 Å². The number of guanidine groups is 1. The Bertz CT molecular complexity index is 514. The summed E-state index contributed by atoms with van der Waals surface area (Å²) in [5, 5.41) is 6.14. The molecule has 1 atom stereocenters. The van der Waals surface area contributed by atoms with Crippen molar-refractivity contribution < 1.29 is 9.59 Å². The van der Waals surface area contributed by atoms with Crippen molar-refractivity contribution in [3.63, 3.8) is 0 Å². The van der Waals surface area contributed by atoms with Gasteiger partial charge in [-0.15, -0.1) is 0 Å². The second kappa shape index (κ2) is 8.54. The molecule has 25 heavy (non-hydrogen) atoms. The van der Waals surface area contributed by atoms with Gasteiger partial charge in [-0.1, -0.05) is 13.8 Å². The topological polar surface area (TPSA) is 77.0 Å². The summed E-state index contributed by atoms with van der Waals surface area (Å²) < 4.78 is 0. The summed E-state index contributed by atoms with van der Waals surface area (Å²) in [6.45, 7) is 12.0. The number of aliphatic imine (C=N–C) groups is 1. The van der Waals surface area contributed by atoms with Crippen LogP contribution in [0.1, 0.15) is 53.4 Å². The van der Waals surface area contributed by atoms with Crippen molar-refractivity contribution in [3.8, 4) is 0 Å². The Morgan fingerprint density at radius 1 is 1.32 bits per heavy atom. The fourth-order valence-corrected chi connectivity index (χ4v) is 3.25. The van der Waals surface area contributed by atoms with Gasteiger partial charge in [-0.05, 0) is 45.4 Å². The number of piperidine rings is 1. The molecule has 0 spiro atoms. The maximum Gasteiger partial charge on any atom is 0.325 e. The van der Waals surface area contributed by atoms with Crippen molar-refractivity contribution in [3.05, 3.63) is 0 Å². The van der Waals surface area contributed by atoms with E-state index in [2.05, 4.69) is 29.4 Å². The highest BCUT2D eigenvalue weighted by Gasteiger charge is 2.45. The van der Waals surface area contributed by atoms with Gasteiger partial charge < -0.3 is 15.5 Å². The maximum absolute atomic E-state index is 12.4. The van der Waals surface area contributed by atoms with Crippen LogP contribution < -0.4 is 10.6 Å². The third-order valence-corrected chi connectivity index (χ3v) is 5.27. The van der Waals surface area contributed by atoms with Crippen LogP contribution in [-0.2, 0) is 4.79 Å². The van der Waals surface area contributed by atoms with Gasteiger partial charge in [0.1, 0.15) is 5.54 Å². The van der Waals surface area contributed by atoms with E-state index in [9.17, 15) is 9.59 Å². The molecular formula is C18H33N5O2. The predicted molar refractivity (Wildman–Crippen MR) is 99.5 cm³/mol. The molecule has 2 heterocycles. The summed E-state index contributed by atoms with van der Waals surface area (Å²) >= 11 is 0. The third-order valence-electron chi connectivity index (χ3n) is 5.27. The van der Waals surface area contributed by atoms with Gasteiger partial charge in [-0.2, -0.15) is 0 Å². The monoisotopic (exact) mass is 351 g/mol. The number of hydrogen-bond acceptors (Lipinski definition) is 3. The Kier molecular flexibility index (Phi) is 6.67. The average Bonchev–Trinajstić information content (AvgIpc) is 2.81. The van der Waals surface area contributed by atoms with E-state index in [0.29, 0.717) is 25.9 Å². The summed E-state index contributed by atoms with van der Waals surface area (Å²) in [7, 11) is 0. The van der Waals surface area contributed by atoms with Crippen LogP contribution in [0.2, 0.25) is 0 Å². The Labute approximate surface area is 151 Å². The maximum atomic E-state index is 12.4. The van der Waals surface area contributed by atoms with E-state index >= 15 is 0 Å². The van der Waals surface area contributed by atoms with Crippen LogP contribution in [0.4, 0.5) is 4.79 Å². The largest absolute Gasteiger partial charge is 0.357 e. The molecule has 2 saturated heterocycles. The van der Waals surface area contributed by atoms with Crippen LogP contribution in [0.25, 0.3) is 0 Å². The van der Waals surface area contributed by atoms with Gasteiger partial charge >= 0.3 is 6.03 Å². The van der Waals surface area contributed by atoms with Crippen LogP contribution in [0.3, 0.4) is 0 Å². The summed E-state index contributed by atoms with van der Waals surface area (Å²) in [5.74, 6) is 1.61. The predicted octanol–water partition coefficient (Wildman–Crippen LogP) is 1.79. The van der Waals surface area contributed by atoms with Gasteiger partial charge in [0.2, 0.25) is 0 Å². The quantitative estimate of drug-likeness (QED) is 0.331. The molecule has 2 rings (SSSR count). The van der Waals surface area contributed by atoms with Crippen molar-refractivity contribution in [1.29, 1.82) is 0 Å². The van der Waals surface area contributed by atoms with E-state index in [1.807, 2.05) is 6.92 Å². The molecule has 142 valence electrons. The minimum Gasteiger partial charge on any atom is -0.357 e. The minimum atomic E-state index is -0.750. The molecule has 0 radical (unpaired) electrons. The highest BCUT2D eigenvalue weighted by Crippen LogP contribution is 2.21. The molecule has 0 aromatic heterocycles. The molecule has 0 aliphatic carbocycles. The number of imide groups is 1. The molecule has 1 unspecified atom stereocenters. The zero-order valence-corrected chi connectivity index (χ0v) is 16.1. The third kappa shape index (κ3) is 4.64. The number of urea groups is 1. The highest BCUT2D eigenvalue weighted by molar-refractivity contribution is 6.06. The molecule has 0 aromatic rings. The number of carbonyl (C=O) groups is 2. The van der Waals surface area contributed by atoms with E-state index in [-0.39, 0.29) is 11.9 Å². The van der Waals surface area contributed by atoms with Crippen molar-refractivity contribution in [2.45, 2.75) is 58.9 Å². The van der Waals surface area contributed by atoms with Gasteiger partial charge in [0.05, 0.1) is 0 Å². The highest BCUT2D eigenvalue weighted by atomic mass is 16.2. The Morgan fingerprint density at radius 2 is 2.00 bits per heavy atom. The first kappa shape index (κ1) is 19.5. The molecule has 0 aromatic carbocycles. The van der Waals surface area contributed by atoms with Crippen LogP contribution in [0.5, 0.6) is 0 Å². The van der Waals surface area contributed by atoms with E-state index in [4.69, 9.17) is 4.99 Å². The Morgan fingerprint density at radius 3 is 2.56 bits per heavy atom.